The molecule has 0 aliphatic carbocycles. The number of nitrogens with one attached hydrogen (secondary N) is 1. The Labute approximate surface area is 121 Å². The van der Waals surface area contributed by atoms with Gasteiger partial charge in [0.05, 0.1) is 5.69 Å². The van der Waals surface area contributed by atoms with Crippen LogP contribution in [0, 0.1) is 11.7 Å². The molecule has 1 aliphatic heterocycles. The maximum absolute atomic E-state index is 13.9. The first-order valence-electron chi connectivity index (χ1n) is 6.49. The summed E-state index contributed by atoms with van der Waals surface area (Å²) in [5.41, 5.74) is 0.0857. The molecule has 2 amide bonds. The van der Waals surface area contributed by atoms with Crippen LogP contribution in [0.3, 0.4) is 0 Å². The van der Waals surface area contributed by atoms with Crippen molar-refractivity contribution in [2.75, 3.05) is 11.4 Å². The van der Waals surface area contributed by atoms with E-state index < -0.39 is 11.9 Å². The quantitative estimate of drug-likeness (QED) is 0.931. The number of hydrogen-bond donors (Lipinski definition) is 1. The van der Waals surface area contributed by atoms with Gasteiger partial charge < -0.3 is 5.32 Å². The van der Waals surface area contributed by atoms with Gasteiger partial charge in [0.2, 0.25) is 11.8 Å². The minimum Gasteiger partial charge on any atom is -0.342 e. The molecule has 6 heteroatoms. The summed E-state index contributed by atoms with van der Waals surface area (Å²) in [6.45, 7) is 3.64. The number of anilines is 1. The van der Waals surface area contributed by atoms with Gasteiger partial charge in [-0.1, -0.05) is 31.9 Å². The summed E-state index contributed by atoms with van der Waals surface area (Å²) in [5.74, 6) is -1.20. The van der Waals surface area contributed by atoms with Crippen molar-refractivity contribution in [2.24, 2.45) is 5.92 Å². The highest BCUT2D eigenvalue weighted by molar-refractivity contribution is 6.30. The molecule has 0 spiro atoms. The summed E-state index contributed by atoms with van der Waals surface area (Å²) < 4.78 is 13.9. The van der Waals surface area contributed by atoms with Crippen molar-refractivity contribution in [3.63, 3.8) is 0 Å². The van der Waals surface area contributed by atoms with Gasteiger partial charge in [0.15, 0.2) is 0 Å². The second kappa shape index (κ2) is 5.79. The molecule has 1 fully saturated rings. The molecule has 1 N–H and O–H groups in total. The van der Waals surface area contributed by atoms with Gasteiger partial charge in [-0.05, 0) is 24.1 Å². The van der Waals surface area contributed by atoms with Gasteiger partial charge in [0.25, 0.3) is 0 Å². The molecule has 1 heterocycles. The first-order chi connectivity index (χ1) is 9.43. The van der Waals surface area contributed by atoms with Crippen LogP contribution in [0.25, 0.3) is 0 Å². The lowest BCUT2D eigenvalue weighted by Crippen LogP contribution is -2.60. The Bertz CT molecular complexity index is 550. The molecule has 1 saturated heterocycles. The van der Waals surface area contributed by atoms with E-state index in [4.69, 9.17) is 11.6 Å². The van der Waals surface area contributed by atoms with Crippen LogP contribution >= 0.6 is 11.6 Å². The van der Waals surface area contributed by atoms with Gasteiger partial charge in [0, 0.05) is 5.02 Å². The van der Waals surface area contributed by atoms with Crippen molar-refractivity contribution in [3.05, 3.63) is 29.0 Å². The third-order valence-corrected chi connectivity index (χ3v) is 3.80. The average molecular weight is 299 g/mol. The lowest BCUT2D eigenvalue weighted by Gasteiger charge is -2.35. The number of hydrogen-bond acceptors (Lipinski definition) is 2. The minimum absolute atomic E-state index is 0.00962. The maximum atomic E-state index is 13.9. The third kappa shape index (κ3) is 2.77. The highest BCUT2D eigenvalue weighted by Crippen LogP contribution is 2.26. The van der Waals surface area contributed by atoms with E-state index in [0.717, 1.165) is 12.5 Å². The molecule has 0 saturated carbocycles. The molecule has 0 radical (unpaired) electrons. The molecular formula is C14H16ClFN2O2. The van der Waals surface area contributed by atoms with Crippen molar-refractivity contribution < 1.29 is 14.0 Å². The SMILES string of the molecule is CCC(C)C1NC(=O)CN(c2ccc(Cl)cc2F)C1=O. The van der Waals surface area contributed by atoms with Gasteiger partial charge in [-0.3, -0.25) is 14.5 Å². The highest BCUT2D eigenvalue weighted by atomic mass is 35.5. The fraction of sp³-hybridized carbons (Fsp3) is 0.429. The summed E-state index contributed by atoms with van der Waals surface area (Å²) in [5, 5.41) is 2.92. The topological polar surface area (TPSA) is 49.4 Å². The Morgan fingerprint density at radius 2 is 2.20 bits per heavy atom. The van der Waals surface area contributed by atoms with Crippen molar-refractivity contribution >= 4 is 29.1 Å². The molecule has 20 heavy (non-hydrogen) atoms. The summed E-state index contributed by atoms with van der Waals surface area (Å²) in [6.07, 6.45) is 0.744. The smallest absolute Gasteiger partial charge is 0.250 e. The van der Waals surface area contributed by atoms with E-state index in [9.17, 15) is 14.0 Å². The van der Waals surface area contributed by atoms with E-state index >= 15 is 0 Å². The normalized spacial score (nSPS) is 20.8. The van der Waals surface area contributed by atoms with Crippen LogP contribution in [0.4, 0.5) is 10.1 Å². The lowest BCUT2D eigenvalue weighted by atomic mass is 9.96. The van der Waals surface area contributed by atoms with Crippen LogP contribution in [-0.2, 0) is 9.59 Å². The number of rotatable bonds is 3. The van der Waals surface area contributed by atoms with Crippen LogP contribution in [-0.4, -0.2) is 24.4 Å². The zero-order chi connectivity index (χ0) is 14.9. The Morgan fingerprint density at radius 3 is 2.80 bits per heavy atom. The van der Waals surface area contributed by atoms with Crippen molar-refractivity contribution in [1.29, 1.82) is 0 Å². The molecule has 4 nitrogen and oxygen atoms in total. The Hall–Kier alpha value is -1.62. The largest absolute Gasteiger partial charge is 0.342 e. The van der Waals surface area contributed by atoms with Crippen molar-refractivity contribution in [1.82, 2.24) is 5.32 Å². The third-order valence-electron chi connectivity index (χ3n) is 3.56. The zero-order valence-electron chi connectivity index (χ0n) is 11.3. The Kier molecular flexibility index (Phi) is 4.28. The number of benzene rings is 1. The van der Waals surface area contributed by atoms with E-state index in [1.807, 2.05) is 13.8 Å². The summed E-state index contributed by atoms with van der Waals surface area (Å²) in [7, 11) is 0. The minimum atomic E-state index is -0.615. The molecule has 0 bridgehead atoms. The molecular weight excluding hydrogens is 283 g/mol. The first-order valence-corrected chi connectivity index (χ1v) is 6.87. The van der Waals surface area contributed by atoms with E-state index in [0.29, 0.717) is 0 Å². The second-order valence-corrected chi connectivity index (χ2v) is 5.39. The monoisotopic (exact) mass is 298 g/mol. The molecule has 0 aromatic heterocycles. The lowest BCUT2D eigenvalue weighted by molar-refractivity contribution is -0.132. The number of amides is 2. The van der Waals surface area contributed by atoms with E-state index in [2.05, 4.69) is 5.32 Å². The molecule has 2 unspecified atom stereocenters. The van der Waals surface area contributed by atoms with Crippen LogP contribution in [0.2, 0.25) is 5.02 Å². The van der Waals surface area contributed by atoms with Crippen molar-refractivity contribution in [3.8, 4) is 0 Å². The Morgan fingerprint density at radius 1 is 1.50 bits per heavy atom. The molecule has 1 aromatic rings. The fourth-order valence-electron chi connectivity index (χ4n) is 2.20. The average Bonchev–Trinajstić information content (AvgIpc) is 2.40. The summed E-state index contributed by atoms with van der Waals surface area (Å²) in [4.78, 5) is 25.4. The first kappa shape index (κ1) is 14.8. The maximum Gasteiger partial charge on any atom is 0.250 e. The summed E-state index contributed by atoms with van der Waals surface area (Å²) >= 11 is 5.70. The second-order valence-electron chi connectivity index (χ2n) is 4.95. The van der Waals surface area contributed by atoms with E-state index in [1.165, 1.54) is 17.0 Å². The molecule has 2 rings (SSSR count). The molecule has 1 aromatic carbocycles. The van der Waals surface area contributed by atoms with Gasteiger partial charge in [-0.2, -0.15) is 0 Å². The van der Waals surface area contributed by atoms with Crippen LogP contribution in [0.1, 0.15) is 20.3 Å². The molecule has 2 atom stereocenters. The van der Waals surface area contributed by atoms with Gasteiger partial charge in [-0.15, -0.1) is 0 Å². The van der Waals surface area contributed by atoms with Crippen LogP contribution < -0.4 is 10.2 Å². The van der Waals surface area contributed by atoms with Gasteiger partial charge >= 0.3 is 0 Å². The molecule has 1 aliphatic rings. The van der Waals surface area contributed by atoms with Gasteiger partial charge in [0.1, 0.15) is 18.4 Å². The molecule has 108 valence electrons. The predicted octanol–water partition coefficient (Wildman–Crippen LogP) is 2.36. The number of halogens is 2. The standard InChI is InChI=1S/C14H16ClFN2O2/c1-3-8(2)13-14(20)18(7-12(19)17-13)11-5-4-9(15)6-10(11)16/h4-6,8,13H,3,7H2,1-2H3,(H,17,19). The number of nitrogens with zero attached hydrogens (tertiary/aromatic N) is 1. The van der Waals surface area contributed by atoms with E-state index in [-0.39, 0.29) is 35.0 Å². The number of piperazine rings is 1. The zero-order valence-corrected chi connectivity index (χ0v) is 12.1. The number of carbonyl (C=O) groups excluding carboxylic acids is 2. The summed E-state index contributed by atoms with van der Waals surface area (Å²) in [6, 6.07) is 3.44. The Balaban J connectivity index is 2.35. The number of carbonyl (C=O) groups is 2. The van der Waals surface area contributed by atoms with Crippen LogP contribution in [0.15, 0.2) is 18.2 Å². The van der Waals surface area contributed by atoms with Gasteiger partial charge in [-0.25, -0.2) is 4.39 Å². The van der Waals surface area contributed by atoms with Crippen molar-refractivity contribution in [2.45, 2.75) is 26.3 Å². The van der Waals surface area contributed by atoms with Crippen LogP contribution in [0.5, 0.6) is 0 Å². The fourth-order valence-corrected chi connectivity index (χ4v) is 2.35. The highest BCUT2D eigenvalue weighted by Gasteiger charge is 2.37. The predicted molar refractivity (Wildman–Crippen MR) is 75.1 cm³/mol. The van der Waals surface area contributed by atoms with E-state index in [1.54, 1.807) is 0 Å².